The number of hydrogen-bond donors (Lipinski definition) is 2. The summed E-state index contributed by atoms with van der Waals surface area (Å²) in [6.45, 7) is 4.97. The number of aromatic nitrogens is 4. The van der Waals surface area contributed by atoms with E-state index in [2.05, 4.69) is 38.3 Å². The number of halogens is 1. The van der Waals surface area contributed by atoms with Gasteiger partial charge >= 0.3 is 0 Å². The number of nitrogens with one attached hydrogen (secondary N) is 1. The number of pyridine rings is 2. The molecule has 4 aromatic rings. The zero-order chi connectivity index (χ0) is 20.1. The minimum absolute atomic E-state index is 0.141. The van der Waals surface area contributed by atoms with Crippen molar-refractivity contribution in [3.05, 3.63) is 42.5 Å². The van der Waals surface area contributed by atoms with E-state index in [1.807, 2.05) is 12.3 Å². The third-order valence-electron chi connectivity index (χ3n) is 5.37. The predicted octanol–water partition coefficient (Wildman–Crippen LogP) is 2.83. The Balaban J connectivity index is 1.56. The van der Waals surface area contributed by atoms with E-state index in [0.717, 1.165) is 30.7 Å². The standard InChI is InChI=1S/C21H21FN6O/c1-12-10-28(6-5-23-12)15-7-13-3-4-17(25-21(13)24-9-15)16-8-14-11-27(2)26-19(14)18(22)20(16)29/h3-4,7-9,11-12,23,29H,5-6,10H2,1-2H3. The Morgan fingerprint density at radius 1 is 1.24 bits per heavy atom. The van der Waals surface area contributed by atoms with E-state index in [4.69, 9.17) is 0 Å². The van der Waals surface area contributed by atoms with Crippen molar-refractivity contribution in [2.24, 2.45) is 7.05 Å². The first-order chi connectivity index (χ1) is 14.0. The summed E-state index contributed by atoms with van der Waals surface area (Å²) in [5.41, 5.74) is 2.55. The van der Waals surface area contributed by atoms with Gasteiger partial charge in [0.1, 0.15) is 5.52 Å². The first-order valence-electron chi connectivity index (χ1n) is 9.60. The summed E-state index contributed by atoms with van der Waals surface area (Å²) in [5, 5.41) is 19.4. The van der Waals surface area contributed by atoms with Crippen molar-refractivity contribution >= 4 is 27.6 Å². The van der Waals surface area contributed by atoms with Crippen molar-refractivity contribution in [1.82, 2.24) is 25.1 Å². The zero-order valence-corrected chi connectivity index (χ0v) is 16.2. The molecule has 1 fully saturated rings. The monoisotopic (exact) mass is 392 g/mol. The fourth-order valence-electron chi connectivity index (χ4n) is 3.92. The smallest absolute Gasteiger partial charge is 0.193 e. The number of benzene rings is 1. The minimum atomic E-state index is -0.740. The first-order valence-corrected chi connectivity index (χ1v) is 9.60. The lowest BCUT2D eigenvalue weighted by molar-refractivity contribution is 0.437. The predicted molar refractivity (Wildman–Crippen MR) is 111 cm³/mol. The summed E-state index contributed by atoms with van der Waals surface area (Å²) in [6.07, 6.45) is 3.53. The van der Waals surface area contributed by atoms with Crippen LogP contribution in [0, 0.1) is 5.82 Å². The third kappa shape index (κ3) is 3.05. The van der Waals surface area contributed by atoms with E-state index in [1.54, 1.807) is 25.4 Å². The molecule has 0 bridgehead atoms. The number of aryl methyl sites for hydroxylation is 1. The van der Waals surface area contributed by atoms with Crippen molar-refractivity contribution in [3.8, 4) is 17.0 Å². The third-order valence-corrected chi connectivity index (χ3v) is 5.37. The van der Waals surface area contributed by atoms with Gasteiger partial charge in [-0.25, -0.2) is 14.4 Å². The van der Waals surface area contributed by atoms with Crippen LogP contribution in [0.3, 0.4) is 0 Å². The summed E-state index contributed by atoms with van der Waals surface area (Å²) in [5.74, 6) is -1.19. The molecule has 1 atom stereocenters. The van der Waals surface area contributed by atoms with Crippen molar-refractivity contribution in [1.29, 1.82) is 0 Å². The highest BCUT2D eigenvalue weighted by molar-refractivity contribution is 5.89. The highest BCUT2D eigenvalue weighted by Crippen LogP contribution is 2.36. The molecule has 29 heavy (non-hydrogen) atoms. The number of anilines is 1. The van der Waals surface area contributed by atoms with Gasteiger partial charge in [-0.3, -0.25) is 4.68 Å². The van der Waals surface area contributed by atoms with Crippen molar-refractivity contribution in [2.75, 3.05) is 24.5 Å². The van der Waals surface area contributed by atoms with Gasteiger partial charge in [0.2, 0.25) is 0 Å². The molecule has 0 saturated carbocycles. The quantitative estimate of drug-likeness (QED) is 0.546. The molecule has 1 aliphatic rings. The van der Waals surface area contributed by atoms with Gasteiger partial charge in [-0.2, -0.15) is 5.10 Å². The highest BCUT2D eigenvalue weighted by atomic mass is 19.1. The largest absolute Gasteiger partial charge is 0.504 e. The summed E-state index contributed by atoms with van der Waals surface area (Å²) < 4.78 is 16.1. The molecule has 4 heterocycles. The van der Waals surface area contributed by atoms with E-state index in [9.17, 15) is 9.50 Å². The Hall–Kier alpha value is -3.26. The number of rotatable bonds is 2. The van der Waals surface area contributed by atoms with Crippen molar-refractivity contribution in [3.63, 3.8) is 0 Å². The molecule has 0 spiro atoms. The van der Waals surface area contributed by atoms with Crippen LogP contribution in [0.1, 0.15) is 6.92 Å². The number of phenolic OH excluding ortho intramolecular Hbond substituents is 1. The lowest BCUT2D eigenvalue weighted by Crippen LogP contribution is -2.49. The van der Waals surface area contributed by atoms with Crippen LogP contribution < -0.4 is 10.2 Å². The van der Waals surface area contributed by atoms with E-state index in [-0.39, 0.29) is 5.52 Å². The maximum absolute atomic E-state index is 14.6. The zero-order valence-electron chi connectivity index (χ0n) is 16.2. The van der Waals surface area contributed by atoms with Crippen LogP contribution >= 0.6 is 0 Å². The molecule has 5 rings (SSSR count). The van der Waals surface area contributed by atoms with Crippen LogP contribution in [0.5, 0.6) is 5.75 Å². The fraction of sp³-hybridized carbons (Fsp3) is 0.286. The maximum Gasteiger partial charge on any atom is 0.193 e. The van der Waals surface area contributed by atoms with Crippen LogP contribution in [0.4, 0.5) is 10.1 Å². The van der Waals surface area contributed by atoms with Gasteiger partial charge in [0.05, 0.1) is 17.6 Å². The van der Waals surface area contributed by atoms with Gasteiger partial charge in [0.25, 0.3) is 0 Å². The average molecular weight is 392 g/mol. The van der Waals surface area contributed by atoms with Crippen LogP contribution in [-0.4, -0.2) is 50.5 Å². The van der Waals surface area contributed by atoms with E-state index < -0.39 is 11.6 Å². The summed E-state index contributed by atoms with van der Waals surface area (Å²) >= 11 is 0. The summed E-state index contributed by atoms with van der Waals surface area (Å²) in [7, 11) is 1.71. The number of phenols is 1. The molecular weight excluding hydrogens is 371 g/mol. The van der Waals surface area contributed by atoms with Gasteiger partial charge < -0.3 is 15.3 Å². The van der Waals surface area contributed by atoms with Gasteiger partial charge in [-0.1, -0.05) is 0 Å². The molecule has 1 saturated heterocycles. The molecule has 0 amide bonds. The molecular formula is C21H21FN6O. The minimum Gasteiger partial charge on any atom is -0.504 e. The number of fused-ring (bicyclic) bond motifs is 2. The highest BCUT2D eigenvalue weighted by Gasteiger charge is 2.19. The molecule has 1 aliphatic heterocycles. The Kier molecular flexibility index (Phi) is 4.09. The Morgan fingerprint density at radius 3 is 2.93 bits per heavy atom. The normalized spacial score (nSPS) is 17.3. The first kappa shape index (κ1) is 17.8. The molecule has 0 radical (unpaired) electrons. The van der Waals surface area contributed by atoms with Crippen molar-refractivity contribution < 1.29 is 9.50 Å². The Morgan fingerprint density at radius 2 is 2.10 bits per heavy atom. The molecule has 0 aliphatic carbocycles. The van der Waals surface area contributed by atoms with Crippen LogP contribution in [0.15, 0.2) is 36.7 Å². The number of hydrogen-bond acceptors (Lipinski definition) is 6. The molecule has 2 N–H and O–H groups in total. The second-order valence-corrected chi connectivity index (χ2v) is 7.57. The second kappa shape index (κ2) is 6.66. The maximum atomic E-state index is 14.6. The van der Waals surface area contributed by atoms with Gasteiger partial charge in [-0.15, -0.1) is 0 Å². The van der Waals surface area contributed by atoms with E-state index in [1.165, 1.54) is 4.68 Å². The topological polar surface area (TPSA) is 79.1 Å². The average Bonchev–Trinajstić information content (AvgIpc) is 3.10. The summed E-state index contributed by atoms with van der Waals surface area (Å²) in [4.78, 5) is 11.4. The molecule has 148 valence electrons. The fourth-order valence-corrected chi connectivity index (χ4v) is 3.92. The molecule has 3 aromatic heterocycles. The number of nitrogens with zero attached hydrogens (tertiary/aromatic N) is 5. The molecule has 1 aromatic carbocycles. The number of piperazine rings is 1. The van der Waals surface area contributed by atoms with Gasteiger partial charge in [-0.05, 0) is 31.2 Å². The second-order valence-electron chi connectivity index (χ2n) is 7.57. The van der Waals surface area contributed by atoms with Gasteiger partial charge in [0, 0.05) is 55.3 Å². The van der Waals surface area contributed by atoms with E-state index in [0.29, 0.717) is 28.3 Å². The van der Waals surface area contributed by atoms with Crippen LogP contribution in [-0.2, 0) is 7.05 Å². The molecule has 7 nitrogen and oxygen atoms in total. The van der Waals surface area contributed by atoms with Crippen LogP contribution in [0.2, 0.25) is 0 Å². The molecule has 8 heteroatoms. The van der Waals surface area contributed by atoms with Crippen LogP contribution in [0.25, 0.3) is 33.2 Å². The lowest BCUT2D eigenvalue weighted by Gasteiger charge is -2.33. The Labute approximate surface area is 166 Å². The van der Waals surface area contributed by atoms with Gasteiger partial charge in [0.15, 0.2) is 17.2 Å². The number of aromatic hydroxyl groups is 1. The summed E-state index contributed by atoms with van der Waals surface area (Å²) in [6, 6.07) is 7.89. The molecule has 1 unspecified atom stereocenters. The SMILES string of the molecule is CC1CN(c2cnc3nc(-c4cc5cn(C)nc5c(F)c4O)ccc3c2)CCN1. The Bertz CT molecular complexity index is 1240. The van der Waals surface area contributed by atoms with E-state index >= 15 is 0 Å². The lowest BCUT2D eigenvalue weighted by atomic mass is 10.1. The van der Waals surface area contributed by atoms with Crippen molar-refractivity contribution in [2.45, 2.75) is 13.0 Å².